The second kappa shape index (κ2) is 4.92. The molecular formula is C14H17ClO. The first kappa shape index (κ1) is 11.5. The lowest BCUT2D eigenvalue weighted by Gasteiger charge is -2.24. The van der Waals surface area contributed by atoms with Crippen molar-refractivity contribution in [3.05, 3.63) is 47.8 Å². The molecule has 3 unspecified atom stereocenters. The molecule has 0 aromatic carbocycles. The van der Waals surface area contributed by atoms with Crippen LogP contribution in [-0.4, -0.2) is 11.5 Å². The SMILES string of the molecule is CC1=CC(Cl)C(OC2=CCC(C)C=C2)C=C1. The van der Waals surface area contributed by atoms with Crippen LogP contribution < -0.4 is 0 Å². The minimum Gasteiger partial charge on any atom is -0.485 e. The molecule has 2 aliphatic rings. The molecule has 0 aromatic rings. The largest absolute Gasteiger partial charge is 0.485 e. The average Bonchev–Trinajstić information content (AvgIpc) is 2.25. The van der Waals surface area contributed by atoms with Gasteiger partial charge in [0.25, 0.3) is 0 Å². The van der Waals surface area contributed by atoms with Gasteiger partial charge < -0.3 is 4.74 Å². The van der Waals surface area contributed by atoms with Crippen LogP contribution in [0.25, 0.3) is 0 Å². The lowest BCUT2D eigenvalue weighted by Crippen LogP contribution is -2.23. The van der Waals surface area contributed by atoms with Crippen molar-refractivity contribution >= 4 is 11.6 Å². The van der Waals surface area contributed by atoms with E-state index in [-0.39, 0.29) is 11.5 Å². The van der Waals surface area contributed by atoms with E-state index in [1.54, 1.807) is 0 Å². The smallest absolute Gasteiger partial charge is 0.137 e. The molecule has 0 heterocycles. The highest BCUT2D eigenvalue weighted by Gasteiger charge is 2.20. The fraction of sp³-hybridized carbons (Fsp3) is 0.429. The summed E-state index contributed by atoms with van der Waals surface area (Å²) in [4.78, 5) is 0. The maximum atomic E-state index is 6.22. The van der Waals surface area contributed by atoms with E-state index >= 15 is 0 Å². The molecule has 0 radical (unpaired) electrons. The highest BCUT2D eigenvalue weighted by molar-refractivity contribution is 6.22. The second-order valence-corrected chi connectivity index (χ2v) is 4.98. The third-order valence-corrected chi connectivity index (χ3v) is 3.21. The summed E-state index contributed by atoms with van der Waals surface area (Å²) in [6, 6.07) is 0. The molecule has 2 heteroatoms. The van der Waals surface area contributed by atoms with Crippen molar-refractivity contribution in [2.75, 3.05) is 0 Å². The van der Waals surface area contributed by atoms with Crippen LogP contribution in [0.2, 0.25) is 0 Å². The maximum absolute atomic E-state index is 6.22. The molecule has 0 aromatic heterocycles. The summed E-state index contributed by atoms with van der Waals surface area (Å²) >= 11 is 6.22. The number of hydrogen-bond donors (Lipinski definition) is 0. The average molecular weight is 237 g/mol. The Bertz CT molecular complexity index is 376. The molecule has 0 amide bonds. The van der Waals surface area contributed by atoms with Crippen LogP contribution in [0.4, 0.5) is 0 Å². The summed E-state index contributed by atoms with van der Waals surface area (Å²) in [5, 5.41) is -0.0707. The molecule has 2 aliphatic carbocycles. The van der Waals surface area contributed by atoms with Crippen molar-refractivity contribution in [1.29, 1.82) is 0 Å². The number of ether oxygens (including phenoxy) is 1. The normalized spacial score (nSPS) is 33.3. The van der Waals surface area contributed by atoms with Gasteiger partial charge in [-0.05, 0) is 37.5 Å². The maximum Gasteiger partial charge on any atom is 0.137 e. The first-order valence-electron chi connectivity index (χ1n) is 5.71. The lowest BCUT2D eigenvalue weighted by molar-refractivity contribution is 0.166. The van der Waals surface area contributed by atoms with E-state index in [0.717, 1.165) is 12.2 Å². The van der Waals surface area contributed by atoms with Gasteiger partial charge in [-0.1, -0.05) is 30.7 Å². The van der Waals surface area contributed by atoms with E-state index in [2.05, 4.69) is 25.2 Å². The molecule has 0 saturated carbocycles. The highest BCUT2D eigenvalue weighted by atomic mass is 35.5. The zero-order chi connectivity index (χ0) is 11.5. The molecule has 16 heavy (non-hydrogen) atoms. The van der Waals surface area contributed by atoms with Crippen LogP contribution in [0.5, 0.6) is 0 Å². The van der Waals surface area contributed by atoms with Gasteiger partial charge in [-0.2, -0.15) is 0 Å². The Hall–Kier alpha value is -0.950. The molecule has 1 nitrogen and oxygen atoms in total. The number of allylic oxidation sites excluding steroid dienone is 5. The van der Waals surface area contributed by atoms with Crippen LogP contribution in [-0.2, 0) is 4.74 Å². The minimum absolute atomic E-state index is 0.0466. The molecule has 0 fully saturated rings. The van der Waals surface area contributed by atoms with Gasteiger partial charge in [0.1, 0.15) is 11.9 Å². The molecule has 86 valence electrons. The summed E-state index contributed by atoms with van der Waals surface area (Å²) in [6.45, 7) is 4.24. The summed E-state index contributed by atoms with van der Waals surface area (Å²) in [6.07, 6.45) is 13.5. The third-order valence-electron chi connectivity index (χ3n) is 2.84. The van der Waals surface area contributed by atoms with Gasteiger partial charge in [-0.15, -0.1) is 11.6 Å². The number of rotatable bonds is 2. The molecule has 0 bridgehead atoms. The van der Waals surface area contributed by atoms with Crippen LogP contribution in [0, 0.1) is 5.92 Å². The fourth-order valence-electron chi connectivity index (χ4n) is 1.81. The van der Waals surface area contributed by atoms with Gasteiger partial charge in [0.05, 0.1) is 5.38 Å². The number of alkyl halides is 1. The van der Waals surface area contributed by atoms with E-state index in [1.165, 1.54) is 5.57 Å². The van der Waals surface area contributed by atoms with Gasteiger partial charge in [0, 0.05) is 0 Å². The molecule has 3 atom stereocenters. The standard InChI is InChI=1S/C14H17ClO/c1-10-3-6-12(7-4-10)16-14-8-5-11(2)9-13(14)15/h3,5-10,13-14H,4H2,1-2H3. The van der Waals surface area contributed by atoms with Crippen LogP contribution >= 0.6 is 11.6 Å². The summed E-state index contributed by atoms with van der Waals surface area (Å²) in [5.41, 5.74) is 1.20. The Labute approximate surface area is 102 Å². The molecular weight excluding hydrogens is 220 g/mol. The van der Waals surface area contributed by atoms with E-state index < -0.39 is 0 Å². The summed E-state index contributed by atoms with van der Waals surface area (Å²) in [5.74, 6) is 1.55. The van der Waals surface area contributed by atoms with E-state index in [4.69, 9.17) is 16.3 Å². The first-order chi connectivity index (χ1) is 7.65. The minimum atomic E-state index is -0.0707. The lowest BCUT2D eigenvalue weighted by atomic mass is 10.0. The van der Waals surface area contributed by atoms with Crippen molar-refractivity contribution in [2.45, 2.75) is 31.7 Å². The summed E-state index contributed by atoms with van der Waals surface area (Å²) in [7, 11) is 0. The van der Waals surface area contributed by atoms with Gasteiger partial charge in [-0.3, -0.25) is 0 Å². The third kappa shape index (κ3) is 2.79. The highest BCUT2D eigenvalue weighted by Crippen LogP contribution is 2.24. The zero-order valence-electron chi connectivity index (χ0n) is 9.69. The van der Waals surface area contributed by atoms with Crippen molar-refractivity contribution in [2.24, 2.45) is 5.92 Å². The van der Waals surface area contributed by atoms with Crippen molar-refractivity contribution in [3.63, 3.8) is 0 Å². The van der Waals surface area contributed by atoms with Gasteiger partial charge in [0.15, 0.2) is 0 Å². The van der Waals surface area contributed by atoms with Crippen LogP contribution in [0.15, 0.2) is 47.8 Å². The second-order valence-electron chi connectivity index (χ2n) is 4.48. The fourth-order valence-corrected chi connectivity index (χ4v) is 2.15. The van der Waals surface area contributed by atoms with Crippen LogP contribution in [0.1, 0.15) is 20.3 Å². The quantitative estimate of drug-likeness (QED) is 0.659. The Balaban J connectivity index is 1.97. The van der Waals surface area contributed by atoms with Crippen molar-refractivity contribution in [1.82, 2.24) is 0 Å². The predicted molar refractivity (Wildman–Crippen MR) is 68.4 cm³/mol. The van der Waals surface area contributed by atoms with Crippen molar-refractivity contribution in [3.8, 4) is 0 Å². The summed E-state index contributed by atoms with van der Waals surface area (Å²) < 4.78 is 5.85. The molecule has 0 saturated heterocycles. The van der Waals surface area contributed by atoms with Crippen molar-refractivity contribution < 1.29 is 4.74 Å². The molecule has 0 spiro atoms. The molecule has 0 aliphatic heterocycles. The topological polar surface area (TPSA) is 9.23 Å². The number of hydrogen-bond acceptors (Lipinski definition) is 1. The Morgan fingerprint density at radius 2 is 2.12 bits per heavy atom. The molecule has 0 N–H and O–H groups in total. The van der Waals surface area contributed by atoms with Gasteiger partial charge >= 0.3 is 0 Å². The first-order valence-corrected chi connectivity index (χ1v) is 6.14. The zero-order valence-corrected chi connectivity index (χ0v) is 10.4. The Morgan fingerprint density at radius 1 is 1.31 bits per heavy atom. The van der Waals surface area contributed by atoms with Gasteiger partial charge in [-0.25, -0.2) is 0 Å². The monoisotopic (exact) mass is 236 g/mol. The predicted octanol–water partition coefficient (Wildman–Crippen LogP) is 3.98. The van der Waals surface area contributed by atoms with Gasteiger partial charge in [0.2, 0.25) is 0 Å². The van der Waals surface area contributed by atoms with Crippen LogP contribution in [0.3, 0.4) is 0 Å². The number of halogens is 1. The molecule has 2 rings (SSSR count). The Morgan fingerprint density at radius 3 is 2.75 bits per heavy atom. The van der Waals surface area contributed by atoms with E-state index in [9.17, 15) is 0 Å². The Kier molecular flexibility index (Phi) is 3.55. The van der Waals surface area contributed by atoms with E-state index in [1.807, 2.05) is 25.2 Å². The van der Waals surface area contributed by atoms with E-state index in [0.29, 0.717) is 5.92 Å².